The maximum absolute atomic E-state index is 12.0. The fourth-order valence-electron chi connectivity index (χ4n) is 2.47. The zero-order valence-corrected chi connectivity index (χ0v) is 13.3. The van der Waals surface area contributed by atoms with Crippen LogP contribution in [0.1, 0.15) is 31.2 Å². The predicted octanol–water partition coefficient (Wildman–Crippen LogP) is 3.20. The minimum atomic E-state index is -4.75. The molecule has 0 aliphatic heterocycles. The van der Waals surface area contributed by atoms with Gasteiger partial charge >= 0.3 is 12.3 Å². The number of rotatable bonds is 6. The Kier molecular flexibility index (Phi) is 6.44. The van der Waals surface area contributed by atoms with Crippen LogP contribution in [0.4, 0.5) is 13.2 Å². The summed E-state index contributed by atoms with van der Waals surface area (Å²) in [6.45, 7) is -0.363. The number of alkyl halides is 3. The maximum atomic E-state index is 12.0. The van der Waals surface area contributed by atoms with Gasteiger partial charge in [0, 0.05) is 12.1 Å². The lowest BCUT2D eigenvalue weighted by molar-refractivity contribution is -0.274. The SMILES string of the molecule is O=C(COC(=O)/C=C/c1ccc(OC(F)(F)F)cc1)NC1CCCC1. The zero-order valence-electron chi connectivity index (χ0n) is 13.3. The van der Waals surface area contributed by atoms with Crippen molar-refractivity contribution in [1.82, 2.24) is 5.32 Å². The van der Waals surface area contributed by atoms with E-state index in [2.05, 4.69) is 10.1 Å². The highest BCUT2D eigenvalue weighted by atomic mass is 19.4. The molecular formula is C17H18F3NO4. The van der Waals surface area contributed by atoms with Gasteiger partial charge in [0.15, 0.2) is 6.61 Å². The quantitative estimate of drug-likeness (QED) is 0.627. The summed E-state index contributed by atoms with van der Waals surface area (Å²) in [5, 5.41) is 2.79. The third-order valence-electron chi connectivity index (χ3n) is 3.59. The number of nitrogens with one attached hydrogen (secondary N) is 1. The predicted molar refractivity (Wildman–Crippen MR) is 83.5 cm³/mol. The van der Waals surface area contributed by atoms with E-state index in [-0.39, 0.29) is 24.3 Å². The molecule has 1 saturated carbocycles. The minimum Gasteiger partial charge on any atom is -0.452 e. The van der Waals surface area contributed by atoms with E-state index in [1.54, 1.807) is 0 Å². The molecule has 25 heavy (non-hydrogen) atoms. The van der Waals surface area contributed by atoms with Crippen molar-refractivity contribution in [3.63, 3.8) is 0 Å². The molecule has 0 radical (unpaired) electrons. The van der Waals surface area contributed by atoms with Gasteiger partial charge < -0.3 is 14.8 Å². The van der Waals surface area contributed by atoms with Gasteiger partial charge in [-0.25, -0.2) is 4.79 Å². The lowest BCUT2D eigenvalue weighted by Gasteiger charge is -2.11. The molecule has 0 heterocycles. The molecule has 1 aromatic rings. The molecular weight excluding hydrogens is 339 g/mol. The molecule has 1 aliphatic carbocycles. The summed E-state index contributed by atoms with van der Waals surface area (Å²) in [4.78, 5) is 23.2. The van der Waals surface area contributed by atoms with Crippen LogP contribution in [0.25, 0.3) is 6.08 Å². The van der Waals surface area contributed by atoms with Crippen molar-refractivity contribution in [2.75, 3.05) is 6.61 Å². The second-order valence-electron chi connectivity index (χ2n) is 5.61. The van der Waals surface area contributed by atoms with Gasteiger partial charge in [-0.15, -0.1) is 13.2 Å². The Hall–Kier alpha value is -2.51. The topological polar surface area (TPSA) is 64.6 Å². The van der Waals surface area contributed by atoms with Crippen molar-refractivity contribution in [2.24, 2.45) is 0 Å². The molecule has 8 heteroatoms. The number of halogens is 3. The second kappa shape index (κ2) is 8.55. The van der Waals surface area contributed by atoms with Gasteiger partial charge in [-0.2, -0.15) is 0 Å². The van der Waals surface area contributed by atoms with Gasteiger partial charge in [0.05, 0.1) is 0 Å². The van der Waals surface area contributed by atoms with Crippen LogP contribution in [-0.2, 0) is 14.3 Å². The van der Waals surface area contributed by atoms with E-state index in [4.69, 9.17) is 4.74 Å². The number of carbonyl (C=O) groups is 2. The lowest BCUT2D eigenvalue weighted by atomic mass is 10.2. The fraction of sp³-hybridized carbons (Fsp3) is 0.412. The fourth-order valence-corrected chi connectivity index (χ4v) is 2.47. The van der Waals surface area contributed by atoms with Gasteiger partial charge in [-0.05, 0) is 36.6 Å². The molecule has 0 saturated heterocycles. The van der Waals surface area contributed by atoms with Crippen molar-refractivity contribution in [3.8, 4) is 5.75 Å². The molecule has 0 spiro atoms. The van der Waals surface area contributed by atoms with E-state index in [0.29, 0.717) is 5.56 Å². The summed E-state index contributed by atoms with van der Waals surface area (Å²) < 4.78 is 44.7. The molecule has 2 rings (SSSR count). The van der Waals surface area contributed by atoms with Crippen LogP contribution in [0.5, 0.6) is 5.75 Å². The Morgan fingerprint density at radius 3 is 2.40 bits per heavy atom. The number of esters is 1. The highest BCUT2D eigenvalue weighted by Crippen LogP contribution is 2.23. The molecule has 0 atom stereocenters. The average molecular weight is 357 g/mol. The first-order valence-electron chi connectivity index (χ1n) is 7.82. The highest BCUT2D eigenvalue weighted by Gasteiger charge is 2.30. The first kappa shape index (κ1) is 18.8. The summed E-state index contributed by atoms with van der Waals surface area (Å²) in [5.74, 6) is -1.41. The maximum Gasteiger partial charge on any atom is 0.573 e. The van der Waals surface area contributed by atoms with Crippen LogP contribution in [0.15, 0.2) is 30.3 Å². The summed E-state index contributed by atoms with van der Waals surface area (Å²) >= 11 is 0. The standard InChI is InChI=1S/C17H18F3NO4/c18-17(19,20)25-14-8-5-12(6-9-14)7-10-16(23)24-11-15(22)21-13-3-1-2-4-13/h5-10,13H,1-4,11H2,(H,21,22)/b10-7+. The molecule has 0 aromatic heterocycles. The molecule has 1 fully saturated rings. The van der Waals surface area contributed by atoms with Crippen LogP contribution in [0, 0.1) is 0 Å². The van der Waals surface area contributed by atoms with Crippen molar-refractivity contribution < 1.29 is 32.2 Å². The Morgan fingerprint density at radius 1 is 1.16 bits per heavy atom. The number of benzene rings is 1. The van der Waals surface area contributed by atoms with Crippen molar-refractivity contribution in [3.05, 3.63) is 35.9 Å². The molecule has 5 nitrogen and oxygen atoms in total. The van der Waals surface area contributed by atoms with Crippen LogP contribution in [0.3, 0.4) is 0 Å². The Balaban J connectivity index is 1.74. The Morgan fingerprint density at radius 2 is 1.80 bits per heavy atom. The molecule has 1 aliphatic rings. The first-order chi connectivity index (χ1) is 11.8. The van der Waals surface area contributed by atoms with Gasteiger partial charge in [0.2, 0.25) is 0 Å². The summed E-state index contributed by atoms with van der Waals surface area (Å²) in [7, 11) is 0. The van der Waals surface area contributed by atoms with Gasteiger partial charge in [0.1, 0.15) is 5.75 Å². The van der Waals surface area contributed by atoms with Gasteiger partial charge in [0.25, 0.3) is 5.91 Å². The van der Waals surface area contributed by atoms with Crippen molar-refractivity contribution in [1.29, 1.82) is 0 Å². The average Bonchev–Trinajstić information content (AvgIpc) is 3.03. The summed E-state index contributed by atoms with van der Waals surface area (Å²) in [6, 6.07) is 5.13. The number of carbonyl (C=O) groups excluding carboxylic acids is 2. The Bertz CT molecular complexity index is 620. The first-order valence-corrected chi connectivity index (χ1v) is 7.82. The van der Waals surface area contributed by atoms with Crippen molar-refractivity contribution >= 4 is 18.0 Å². The third kappa shape index (κ3) is 7.28. The molecule has 136 valence electrons. The van der Waals surface area contributed by atoms with Crippen LogP contribution < -0.4 is 10.1 Å². The Labute approximate surface area is 142 Å². The zero-order chi connectivity index (χ0) is 18.3. The van der Waals surface area contributed by atoms with E-state index in [0.717, 1.165) is 43.9 Å². The van der Waals surface area contributed by atoms with E-state index in [1.807, 2.05) is 0 Å². The number of amides is 1. The van der Waals surface area contributed by atoms with E-state index in [1.165, 1.54) is 18.2 Å². The molecule has 1 amide bonds. The molecule has 1 N–H and O–H groups in total. The molecule has 0 bridgehead atoms. The normalized spacial score (nSPS) is 15.3. The van der Waals surface area contributed by atoms with Crippen molar-refractivity contribution in [2.45, 2.75) is 38.1 Å². The van der Waals surface area contributed by atoms with Crippen LogP contribution >= 0.6 is 0 Å². The summed E-state index contributed by atoms with van der Waals surface area (Å²) in [5.41, 5.74) is 0.488. The molecule has 0 unspecified atom stereocenters. The minimum absolute atomic E-state index is 0.152. The second-order valence-corrected chi connectivity index (χ2v) is 5.61. The van der Waals surface area contributed by atoms with Gasteiger partial charge in [-0.1, -0.05) is 25.0 Å². The highest BCUT2D eigenvalue weighted by molar-refractivity contribution is 5.89. The lowest BCUT2D eigenvalue weighted by Crippen LogP contribution is -2.35. The van der Waals surface area contributed by atoms with E-state index >= 15 is 0 Å². The number of ether oxygens (including phenoxy) is 2. The van der Waals surface area contributed by atoms with E-state index < -0.39 is 12.3 Å². The van der Waals surface area contributed by atoms with Gasteiger partial charge in [-0.3, -0.25) is 4.79 Å². The molecule has 1 aromatic carbocycles. The third-order valence-corrected chi connectivity index (χ3v) is 3.59. The number of hydrogen-bond acceptors (Lipinski definition) is 4. The monoisotopic (exact) mass is 357 g/mol. The smallest absolute Gasteiger partial charge is 0.452 e. The number of hydrogen-bond donors (Lipinski definition) is 1. The summed E-state index contributed by atoms with van der Waals surface area (Å²) in [6.07, 6.45) is 1.76. The van der Waals surface area contributed by atoms with Crippen LogP contribution in [0.2, 0.25) is 0 Å². The largest absolute Gasteiger partial charge is 0.573 e. The van der Waals surface area contributed by atoms with Crippen LogP contribution in [-0.4, -0.2) is 30.9 Å². The van der Waals surface area contributed by atoms with E-state index in [9.17, 15) is 22.8 Å².